The maximum Gasteiger partial charge on any atom is 0.327 e. The number of carboxylic acids is 1. The van der Waals surface area contributed by atoms with Gasteiger partial charge in [-0.25, -0.2) is 4.79 Å². The van der Waals surface area contributed by atoms with Gasteiger partial charge >= 0.3 is 5.97 Å². The molecule has 0 saturated heterocycles. The van der Waals surface area contributed by atoms with Gasteiger partial charge in [0.2, 0.25) is 0 Å². The van der Waals surface area contributed by atoms with E-state index in [0.717, 1.165) is 12.8 Å². The van der Waals surface area contributed by atoms with Crippen molar-refractivity contribution in [3.63, 3.8) is 0 Å². The van der Waals surface area contributed by atoms with Crippen LogP contribution >= 0.6 is 0 Å². The lowest BCUT2D eigenvalue weighted by molar-refractivity contribution is -0.131. The van der Waals surface area contributed by atoms with Gasteiger partial charge in [-0.05, 0) is 12.8 Å². The number of allylic oxidation sites excluding steroid dienone is 1. The van der Waals surface area contributed by atoms with Gasteiger partial charge in [-0.1, -0.05) is 32.3 Å². The van der Waals surface area contributed by atoms with Crippen molar-refractivity contribution >= 4 is 5.97 Å². The number of rotatable bonds is 6. The second-order valence-electron chi connectivity index (χ2n) is 2.59. The molecule has 0 aromatic rings. The van der Waals surface area contributed by atoms with Gasteiger partial charge in [0.1, 0.15) is 0 Å². The first-order valence-corrected chi connectivity index (χ1v) is 4.17. The van der Waals surface area contributed by atoms with E-state index in [1.54, 1.807) is 6.08 Å². The molecule has 0 aliphatic heterocycles. The van der Waals surface area contributed by atoms with E-state index in [9.17, 15) is 4.79 Å². The molecule has 0 aliphatic rings. The van der Waals surface area contributed by atoms with Gasteiger partial charge in [-0.2, -0.15) is 0 Å². The molecule has 0 aromatic heterocycles. The second-order valence-corrected chi connectivity index (χ2v) is 2.59. The van der Waals surface area contributed by atoms with Crippen molar-refractivity contribution in [1.82, 2.24) is 0 Å². The summed E-state index contributed by atoms with van der Waals surface area (Å²) in [7, 11) is 0. The molecule has 0 rings (SSSR count). The van der Waals surface area contributed by atoms with E-state index in [-0.39, 0.29) is 0 Å². The number of hydrogen-bond donors (Lipinski definition) is 1. The highest BCUT2D eigenvalue weighted by Gasteiger charge is 1.86. The first kappa shape index (κ1) is 10.2. The average molecular weight is 156 g/mol. The first-order chi connectivity index (χ1) is 5.27. The molecule has 0 spiro atoms. The van der Waals surface area contributed by atoms with Gasteiger partial charge in [0.05, 0.1) is 0 Å². The predicted molar refractivity (Wildman–Crippen MR) is 45.5 cm³/mol. The van der Waals surface area contributed by atoms with Crippen LogP contribution in [0, 0.1) is 0 Å². The highest BCUT2D eigenvalue weighted by Crippen LogP contribution is 2.02. The Morgan fingerprint density at radius 1 is 1.36 bits per heavy atom. The first-order valence-electron chi connectivity index (χ1n) is 4.17. The molecule has 2 heteroatoms. The van der Waals surface area contributed by atoms with Crippen molar-refractivity contribution in [3.05, 3.63) is 12.2 Å². The number of hydrogen-bond acceptors (Lipinski definition) is 1. The highest BCUT2D eigenvalue weighted by molar-refractivity contribution is 5.79. The quantitative estimate of drug-likeness (QED) is 0.474. The van der Waals surface area contributed by atoms with Crippen LogP contribution in [0.1, 0.15) is 39.0 Å². The normalized spacial score (nSPS) is 10.6. The molecule has 0 radical (unpaired) electrons. The van der Waals surface area contributed by atoms with E-state index in [4.69, 9.17) is 5.11 Å². The lowest BCUT2D eigenvalue weighted by atomic mass is 10.1. The highest BCUT2D eigenvalue weighted by atomic mass is 16.4. The Hall–Kier alpha value is -0.790. The molecule has 2 nitrogen and oxygen atoms in total. The summed E-state index contributed by atoms with van der Waals surface area (Å²) in [5.41, 5.74) is 0. The van der Waals surface area contributed by atoms with Crippen molar-refractivity contribution in [1.29, 1.82) is 0 Å². The Morgan fingerprint density at radius 2 is 2.09 bits per heavy atom. The van der Waals surface area contributed by atoms with Crippen LogP contribution in [0.4, 0.5) is 0 Å². The third-order valence-electron chi connectivity index (χ3n) is 1.48. The van der Waals surface area contributed by atoms with Crippen LogP contribution in [0.5, 0.6) is 0 Å². The van der Waals surface area contributed by atoms with E-state index in [2.05, 4.69) is 6.92 Å². The van der Waals surface area contributed by atoms with E-state index in [1.807, 2.05) is 0 Å². The second kappa shape index (κ2) is 7.32. The fourth-order valence-electron chi connectivity index (χ4n) is 0.873. The molecule has 0 unspecified atom stereocenters. The summed E-state index contributed by atoms with van der Waals surface area (Å²) < 4.78 is 0. The molecule has 0 amide bonds. The summed E-state index contributed by atoms with van der Waals surface area (Å²) in [6, 6.07) is 0. The number of carbonyl (C=O) groups is 1. The Labute approximate surface area is 67.9 Å². The fraction of sp³-hybridized carbons (Fsp3) is 0.667. The van der Waals surface area contributed by atoms with Crippen LogP contribution in [-0.2, 0) is 4.79 Å². The summed E-state index contributed by atoms with van der Waals surface area (Å²) in [4.78, 5) is 10.0. The fourth-order valence-corrected chi connectivity index (χ4v) is 0.873. The summed E-state index contributed by atoms with van der Waals surface area (Å²) >= 11 is 0. The zero-order valence-corrected chi connectivity index (χ0v) is 7.05. The Morgan fingerprint density at radius 3 is 2.64 bits per heavy atom. The SMILES string of the molecule is CCCCCC/C=C/C(=O)O. The standard InChI is InChI=1S/C9H16O2/c1-2-3-4-5-6-7-8-9(10)11/h7-8H,2-6H2,1H3,(H,10,11)/b8-7+. The summed E-state index contributed by atoms with van der Waals surface area (Å²) in [5, 5.41) is 8.23. The monoisotopic (exact) mass is 156 g/mol. The van der Waals surface area contributed by atoms with Crippen molar-refractivity contribution < 1.29 is 9.90 Å². The maximum atomic E-state index is 10.0. The van der Waals surface area contributed by atoms with Gasteiger partial charge in [0.25, 0.3) is 0 Å². The molecule has 11 heavy (non-hydrogen) atoms. The van der Waals surface area contributed by atoms with Crippen LogP contribution in [0.15, 0.2) is 12.2 Å². The van der Waals surface area contributed by atoms with Gasteiger partial charge in [-0.15, -0.1) is 0 Å². The van der Waals surface area contributed by atoms with Crippen molar-refractivity contribution in [2.75, 3.05) is 0 Å². The van der Waals surface area contributed by atoms with Crippen LogP contribution in [-0.4, -0.2) is 11.1 Å². The zero-order chi connectivity index (χ0) is 8.53. The van der Waals surface area contributed by atoms with Gasteiger partial charge in [-0.3, -0.25) is 0 Å². The molecule has 1 N–H and O–H groups in total. The predicted octanol–water partition coefficient (Wildman–Crippen LogP) is 2.60. The van der Waals surface area contributed by atoms with Crippen LogP contribution in [0.25, 0.3) is 0 Å². The molecular weight excluding hydrogens is 140 g/mol. The minimum Gasteiger partial charge on any atom is -0.478 e. The van der Waals surface area contributed by atoms with Crippen molar-refractivity contribution in [2.45, 2.75) is 39.0 Å². The van der Waals surface area contributed by atoms with Crippen LogP contribution in [0.3, 0.4) is 0 Å². The molecule has 0 fully saturated rings. The van der Waals surface area contributed by atoms with E-state index >= 15 is 0 Å². The summed E-state index contributed by atoms with van der Waals surface area (Å²) in [5.74, 6) is -0.847. The zero-order valence-electron chi connectivity index (χ0n) is 7.05. The molecule has 0 atom stereocenters. The van der Waals surface area contributed by atoms with Crippen LogP contribution in [0.2, 0.25) is 0 Å². The van der Waals surface area contributed by atoms with E-state index in [0.29, 0.717) is 0 Å². The molecule has 64 valence electrons. The average Bonchev–Trinajstić information content (AvgIpc) is 1.96. The lowest BCUT2D eigenvalue weighted by Gasteiger charge is -1.92. The topological polar surface area (TPSA) is 37.3 Å². The largest absolute Gasteiger partial charge is 0.478 e. The maximum absolute atomic E-state index is 10.0. The molecule has 0 aromatic carbocycles. The molecular formula is C9H16O2. The van der Waals surface area contributed by atoms with Crippen molar-refractivity contribution in [3.8, 4) is 0 Å². The van der Waals surface area contributed by atoms with Gasteiger partial charge in [0, 0.05) is 6.08 Å². The number of carboxylic acid groups (broad SMARTS) is 1. The minimum atomic E-state index is -0.847. The van der Waals surface area contributed by atoms with Gasteiger partial charge < -0.3 is 5.11 Å². The molecule has 0 heterocycles. The summed E-state index contributed by atoms with van der Waals surface area (Å²) in [6.07, 6.45) is 8.62. The summed E-state index contributed by atoms with van der Waals surface area (Å²) in [6.45, 7) is 2.16. The van der Waals surface area contributed by atoms with E-state index < -0.39 is 5.97 Å². The van der Waals surface area contributed by atoms with E-state index in [1.165, 1.54) is 25.3 Å². The Kier molecular flexibility index (Phi) is 6.79. The third kappa shape index (κ3) is 9.21. The van der Waals surface area contributed by atoms with Gasteiger partial charge in [0.15, 0.2) is 0 Å². The Bertz CT molecular complexity index is 128. The number of aliphatic carboxylic acids is 1. The van der Waals surface area contributed by atoms with Crippen LogP contribution < -0.4 is 0 Å². The number of unbranched alkanes of at least 4 members (excludes halogenated alkanes) is 4. The molecule has 0 saturated carbocycles. The Balaban J connectivity index is 3.07. The molecule has 0 aliphatic carbocycles. The third-order valence-corrected chi connectivity index (χ3v) is 1.48. The lowest BCUT2D eigenvalue weighted by Crippen LogP contribution is -1.85. The smallest absolute Gasteiger partial charge is 0.327 e. The minimum absolute atomic E-state index is 0.847. The van der Waals surface area contributed by atoms with Crippen molar-refractivity contribution in [2.24, 2.45) is 0 Å². The molecule has 0 bridgehead atoms.